The fourth-order valence-electron chi connectivity index (χ4n) is 1.55. The topological polar surface area (TPSA) is 42.5 Å². The van der Waals surface area contributed by atoms with Crippen LogP contribution in [0.25, 0.3) is 0 Å². The van der Waals surface area contributed by atoms with Gasteiger partial charge in [-0.1, -0.05) is 0 Å². The summed E-state index contributed by atoms with van der Waals surface area (Å²) >= 11 is 0. The second-order valence-corrected chi connectivity index (χ2v) is 3.60. The molecule has 0 spiro atoms. The van der Waals surface area contributed by atoms with Crippen molar-refractivity contribution in [2.45, 2.75) is 18.9 Å². The van der Waals surface area contributed by atoms with E-state index in [0.717, 1.165) is 32.7 Å². The van der Waals surface area contributed by atoms with E-state index in [-0.39, 0.29) is 0 Å². The van der Waals surface area contributed by atoms with Crippen LogP contribution in [0.1, 0.15) is 12.8 Å². The summed E-state index contributed by atoms with van der Waals surface area (Å²) in [5.41, 5.74) is 0. The normalized spacial score (nSPS) is 21.6. The van der Waals surface area contributed by atoms with Crippen LogP contribution >= 0.6 is 0 Å². The summed E-state index contributed by atoms with van der Waals surface area (Å²) in [7, 11) is 1.69. The highest BCUT2D eigenvalue weighted by Gasteiger charge is 2.12. The third-order valence-corrected chi connectivity index (χ3v) is 2.39. The molecule has 2 N–H and O–H groups in total. The second-order valence-electron chi connectivity index (χ2n) is 3.60. The molecule has 0 radical (unpaired) electrons. The monoisotopic (exact) mass is 202 g/mol. The van der Waals surface area contributed by atoms with Gasteiger partial charge in [-0.2, -0.15) is 0 Å². The zero-order valence-electron chi connectivity index (χ0n) is 9.05. The number of nitrogens with one attached hydrogen (secondary N) is 2. The first-order chi connectivity index (χ1) is 6.93. The molecule has 0 aromatic rings. The van der Waals surface area contributed by atoms with Crippen LogP contribution in [-0.2, 0) is 9.47 Å². The minimum absolute atomic E-state index is 0.675. The van der Waals surface area contributed by atoms with Crippen LogP contribution in [-0.4, -0.2) is 52.6 Å². The molecule has 1 atom stereocenters. The van der Waals surface area contributed by atoms with Crippen LogP contribution in [0.4, 0.5) is 0 Å². The first kappa shape index (κ1) is 11.9. The molecule has 1 heterocycles. The van der Waals surface area contributed by atoms with E-state index in [2.05, 4.69) is 10.6 Å². The molecular formula is C10H22N2O2. The minimum atomic E-state index is 0.675. The van der Waals surface area contributed by atoms with Gasteiger partial charge in [-0.15, -0.1) is 0 Å². The molecule has 0 saturated carbocycles. The fourth-order valence-corrected chi connectivity index (χ4v) is 1.55. The summed E-state index contributed by atoms with van der Waals surface area (Å²) < 4.78 is 10.2. The summed E-state index contributed by atoms with van der Waals surface area (Å²) in [5, 5.41) is 6.83. The van der Waals surface area contributed by atoms with Gasteiger partial charge in [-0.25, -0.2) is 0 Å². The number of methoxy groups -OCH3 is 1. The molecule has 1 aliphatic heterocycles. The Balaban J connectivity index is 1.75. The molecule has 0 amide bonds. The van der Waals surface area contributed by atoms with Crippen molar-refractivity contribution in [1.82, 2.24) is 10.6 Å². The zero-order valence-corrected chi connectivity index (χ0v) is 9.05. The Labute approximate surface area is 86.3 Å². The van der Waals surface area contributed by atoms with Gasteiger partial charge in [-0.05, 0) is 25.9 Å². The zero-order chi connectivity index (χ0) is 10.1. The molecule has 84 valence electrons. The molecule has 1 fully saturated rings. The van der Waals surface area contributed by atoms with Gasteiger partial charge in [0.2, 0.25) is 0 Å². The van der Waals surface area contributed by atoms with E-state index in [9.17, 15) is 0 Å². The molecule has 4 heteroatoms. The minimum Gasteiger partial charge on any atom is -0.382 e. The lowest BCUT2D eigenvalue weighted by Crippen LogP contribution is -2.32. The maximum atomic E-state index is 5.36. The molecule has 1 unspecified atom stereocenters. The van der Waals surface area contributed by atoms with Crippen LogP contribution < -0.4 is 10.6 Å². The van der Waals surface area contributed by atoms with Crippen molar-refractivity contribution < 1.29 is 9.47 Å². The van der Waals surface area contributed by atoms with Gasteiger partial charge in [0.1, 0.15) is 0 Å². The van der Waals surface area contributed by atoms with Crippen molar-refractivity contribution in [2.75, 3.05) is 46.6 Å². The summed E-state index contributed by atoms with van der Waals surface area (Å²) in [5.74, 6) is 0. The predicted octanol–water partition coefficient (Wildman–Crippen LogP) is -0.00900. The van der Waals surface area contributed by atoms with Gasteiger partial charge < -0.3 is 20.1 Å². The van der Waals surface area contributed by atoms with Gasteiger partial charge >= 0.3 is 0 Å². The van der Waals surface area contributed by atoms with Crippen LogP contribution in [0.15, 0.2) is 0 Å². The Morgan fingerprint density at radius 3 is 3.00 bits per heavy atom. The Morgan fingerprint density at radius 2 is 2.29 bits per heavy atom. The summed E-state index contributed by atoms with van der Waals surface area (Å²) in [4.78, 5) is 0. The van der Waals surface area contributed by atoms with Gasteiger partial charge in [-0.3, -0.25) is 0 Å². The molecule has 0 aliphatic carbocycles. The first-order valence-corrected chi connectivity index (χ1v) is 5.44. The van der Waals surface area contributed by atoms with Crippen LogP contribution in [0.3, 0.4) is 0 Å². The number of hydrogen-bond acceptors (Lipinski definition) is 4. The number of rotatable bonds is 8. The molecule has 1 aliphatic rings. The highest BCUT2D eigenvalue weighted by atomic mass is 16.5. The van der Waals surface area contributed by atoms with E-state index in [1.165, 1.54) is 6.42 Å². The third-order valence-electron chi connectivity index (χ3n) is 2.39. The van der Waals surface area contributed by atoms with Crippen molar-refractivity contribution in [3.05, 3.63) is 0 Å². The average molecular weight is 202 g/mol. The molecule has 0 aromatic heterocycles. The first-order valence-electron chi connectivity index (χ1n) is 5.44. The summed E-state index contributed by atoms with van der Waals surface area (Å²) in [6, 6.07) is 0.675. The third kappa shape index (κ3) is 5.54. The SMILES string of the molecule is COCCOCCCNC1CCNC1. The lowest BCUT2D eigenvalue weighted by molar-refractivity contribution is 0.0693. The lowest BCUT2D eigenvalue weighted by atomic mass is 10.2. The van der Waals surface area contributed by atoms with Crippen molar-refractivity contribution in [2.24, 2.45) is 0 Å². The quantitative estimate of drug-likeness (QED) is 0.543. The molecule has 4 nitrogen and oxygen atoms in total. The van der Waals surface area contributed by atoms with Crippen molar-refractivity contribution in [1.29, 1.82) is 0 Å². The standard InChI is InChI=1S/C10H22N2O2/c1-13-7-8-14-6-2-4-12-10-3-5-11-9-10/h10-12H,2-9H2,1H3. The Hall–Kier alpha value is -0.160. The average Bonchev–Trinajstić information content (AvgIpc) is 2.69. The second kappa shape index (κ2) is 8.17. The maximum Gasteiger partial charge on any atom is 0.0700 e. The van der Waals surface area contributed by atoms with Crippen LogP contribution in [0, 0.1) is 0 Å². The van der Waals surface area contributed by atoms with Crippen molar-refractivity contribution in [3.8, 4) is 0 Å². The van der Waals surface area contributed by atoms with E-state index < -0.39 is 0 Å². The van der Waals surface area contributed by atoms with Crippen molar-refractivity contribution >= 4 is 0 Å². The summed E-state index contributed by atoms with van der Waals surface area (Å²) in [6.07, 6.45) is 2.34. The van der Waals surface area contributed by atoms with Gasteiger partial charge in [0.05, 0.1) is 13.2 Å². The molecule has 0 aromatic carbocycles. The molecule has 14 heavy (non-hydrogen) atoms. The largest absolute Gasteiger partial charge is 0.382 e. The molecule has 1 rings (SSSR count). The lowest BCUT2D eigenvalue weighted by Gasteiger charge is -2.10. The smallest absolute Gasteiger partial charge is 0.0700 e. The van der Waals surface area contributed by atoms with E-state index in [1.54, 1.807) is 7.11 Å². The van der Waals surface area contributed by atoms with Gasteiger partial charge in [0.25, 0.3) is 0 Å². The summed E-state index contributed by atoms with van der Waals surface area (Å²) in [6.45, 7) is 5.56. The Bertz CT molecular complexity index is 127. The highest BCUT2D eigenvalue weighted by molar-refractivity contribution is 4.76. The predicted molar refractivity (Wildman–Crippen MR) is 56.6 cm³/mol. The molecule has 0 bridgehead atoms. The Morgan fingerprint density at radius 1 is 1.36 bits per heavy atom. The fraction of sp³-hybridized carbons (Fsp3) is 1.00. The van der Waals surface area contributed by atoms with E-state index >= 15 is 0 Å². The number of ether oxygens (including phenoxy) is 2. The van der Waals surface area contributed by atoms with Crippen LogP contribution in [0.2, 0.25) is 0 Å². The van der Waals surface area contributed by atoms with Crippen molar-refractivity contribution in [3.63, 3.8) is 0 Å². The highest BCUT2D eigenvalue weighted by Crippen LogP contribution is 1.96. The maximum absolute atomic E-state index is 5.36. The van der Waals surface area contributed by atoms with Gasteiger partial charge in [0.15, 0.2) is 0 Å². The van der Waals surface area contributed by atoms with Crippen LogP contribution in [0.5, 0.6) is 0 Å². The molecular weight excluding hydrogens is 180 g/mol. The molecule has 1 saturated heterocycles. The Kier molecular flexibility index (Phi) is 6.95. The van der Waals surface area contributed by atoms with E-state index in [1.807, 2.05) is 0 Å². The number of hydrogen-bond donors (Lipinski definition) is 2. The van der Waals surface area contributed by atoms with E-state index in [4.69, 9.17) is 9.47 Å². The van der Waals surface area contributed by atoms with Gasteiger partial charge in [0, 0.05) is 26.3 Å². The van der Waals surface area contributed by atoms with E-state index in [0.29, 0.717) is 19.3 Å².